The Morgan fingerprint density at radius 3 is 2.30 bits per heavy atom. The van der Waals surface area contributed by atoms with Crippen molar-refractivity contribution in [3.05, 3.63) is 65.5 Å². The first-order valence-electron chi connectivity index (χ1n) is 8.43. The summed E-state index contributed by atoms with van der Waals surface area (Å²) in [5.41, 5.74) is 1.21. The first-order chi connectivity index (χ1) is 13.0. The van der Waals surface area contributed by atoms with Gasteiger partial charge in [-0.1, -0.05) is 66.8 Å². The fourth-order valence-corrected chi connectivity index (χ4v) is 4.56. The first kappa shape index (κ1) is 19.1. The molecule has 27 heavy (non-hydrogen) atoms. The van der Waals surface area contributed by atoms with Crippen molar-refractivity contribution < 1.29 is 13.2 Å². The van der Waals surface area contributed by atoms with Crippen LogP contribution in [-0.2, 0) is 10.0 Å². The van der Waals surface area contributed by atoms with Crippen LogP contribution < -0.4 is 10.0 Å². The van der Waals surface area contributed by atoms with Crippen LogP contribution in [0.25, 0.3) is 11.3 Å². The van der Waals surface area contributed by atoms with E-state index in [0.29, 0.717) is 17.1 Å². The molecule has 0 saturated carbocycles. The number of nitrogens with zero attached hydrogens (tertiary/aromatic N) is 1. The largest absolute Gasteiger partial charge is 0.351 e. The Bertz CT molecular complexity index is 1020. The number of hydrogen-bond donors (Lipinski definition) is 2. The zero-order chi connectivity index (χ0) is 19.3. The lowest BCUT2D eigenvalue weighted by Gasteiger charge is -2.04. The molecule has 3 rings (SSSR count). The Labute approximate surface area is 162 Å². The molecule has 0 unspecified atom stereocenters. The maximum absolute atomic E-state index is 12.6. The highest BCUT2D eigenvalue weighted by molar-refractivity contribution is 7.93. The van der Waals surface area contributed by atoms with E-state index in [1.165, 1.54) is 12.1 Å². The van der Waals surface area contributed by atoms with Gasteiger partial charge in [0, 0.05) is 12.1 Å². The Balaban J connectivity index is 1.97. The lowest BCUT2D eigenvalue weighted by Crippen LogP contribution is -2.23. The minimum atomic E-state index is -3.78. The molecule has 6 nitrogen and oxygen atoms in total. The van der Waals surface area contributed by atoms with Gasteiger partial charge in [0.2, 0.25) is 0 Å². The van der Waals surface area contributed by atoms with Gasteiger partial charge < -0.3 is 5.32 Å². The van der Waals surface area contributed by atoms with E-state index in [9.17, 15) is 13.2 Å². The molecule has 8 heteroatoms. The maximum Gasteiger partial charge on any atom is 0.263 e. The Kier molecular flexibility index (Phi) is 5.88. The van der Waals surface area contributed by atoms with E-state index in [4.69, 9.17) is 0 Å². The van der Waals surface area contributed by atoms with E-state index in [1.54, 1.807) is 18.2 Å². The number of sulfonamides is 1. The molecule has 2 N–H and O–H groups in total. The van der Waals surface area contributed by atoms with Crippen LogP contribution in [0.5, 0.6) is 0 Å². The zero-order valence-corrected chi connectivity index (χ0v) is 16.3. The summed E-state index contributed by atoms with van der Waals surface area (Å²) >= 11 is 1.02. The minimum Gasteiger partial charge on any atom is -0.351 e. The van der Waals surface area contributed by atoms with Crippen molar-refractivity contribution in [1.29, 1.82) is 0 Å². The zero-order valence-electron chi connectivity index (χ0n) is 14.7. The van der Waals surface area contributed by atoms with Crippen molar-refractivity contribution in [1.82, 2.24) is 10.3 Å². The average molecular weight is 402 g/mol. The summed E-state index contributed by atoms with van der Waals surface area (Å²) in [5, 5.41) is 2.97. The van der Waals surface area contributed by atoms with Crippen LogP contribution in [0.2, 0.25) is 0 Å². The number of amides is 1. The molecule has 0 radical (unpaired) electrons. The fraction of sp³-hybridized carbons (Fsp3) is 0.158. The smallest absolute Gasteiger partial charge is 0.263 e. The summed E-state index contributed by atoms with van der Waals surface area (Å²) in [4.78, 5) is 17.4. The number of thiazole rings is 1. The van der Waals surface area contributed by atoms with Gasteiger partial charge in [-0.05, 0) is 18.6 Å². The summed E-state index contributed by atoms with van der Waals surface area (Å²) in [7, 11) is -3.78. The van der Waals surface area contributed by atoms with E-state index in [2.05, 4.69) is 15.0 Å². The van der Waals surface area contributed by atoms with E-state index < -0.39 is 10.0 Å². The van der Waals surface area contributed by atoms with Gasteiger partial charge in [0.05, 0.1) is 10.6 Å². The van der Waals surface area contributed by atoms with Crippen molar-refractivity contribution in [2.24, 2.45) is 0 Å². The standard InChI is InChI=1S/C19H19N3O3S2/c1-2-13-20-18(23)17-16(14-9-5-3-6-10-14)21-19(26-17)22-27(24,25)15-11-7-4-8-12-15/h3-12H,2,13H2,1H3,(H,20,23)(H,21,22). The van der Waals surface area contributed by atoms with Crippen molar-refractivity contribution in [3.8, 4) is 11.3 Å². The summed E-state index contributed by atoms with van der Waals surface area (Å²) < 4.78 is 27.6. The van der Waals surface area contributed by atoms with Crippen LogP contribution in [0, 0.1) is 0 Å². The molecule has 0 bridgehead atoms. The van der Waals surface area contributed by atoms with Gasteiger partial charge in [0.1, 0.15) is 4.88 Å². The summed E-state index contributed by atoms with van der Waals surface area (Å²) in [5.74, 6) is -0.265. The highest BCUT2D eigenvalue weighted by Gasteiger charge is 2.22. The summed E-state index contributed by atoms with van der Waals surface area (Å²) in [6, 6.07) is 17.3. The molecular weight excluding hydrogens is 382 g/mol. The molecule has 0 aliphatic rings. The molecule has 1 heterocycles. The molecule has 140 valence electrons. The van der Waals surface area contributed by atoms with Crippen LogP contribution in [0.1, 0.15) is 23.0 Å². The van der Waals surface area contributed by atoms with Crippen LogP contribution in [-0.4, -0.2) is 25.9 Å². The number of benzene rings is 2. The normalized spacial score (nSPS) is 11.1. The summed E-state index contributed by atoms with van der Waals surface area (Å²) in [6.45, 7) is 2.50. The van der Waals surface area contributed by atoms with Gasteiger partial charge in [-0.25, -0.2) is 13.4 Å². The summed E-state index contributed by atoms with van der Waals surface area (Å²) in [6.07, 6.45) is 0.804. The Morgan fingerprint density at radius 1 is 1.04 bits per heavy atom. The van der Waals surface area contributed by atoms with E-state index >= 15 is 0 Å². The van der Waals surface area contributed by atoms with Crippen molar-refractivity contribution >= 4 is 32.4 Å². The molecule has 3 aromatic rings. The minimum absolute atomic E-state index is 0.137. The number of nitrogens with one attached hydrogen (secondary N) is 2. The van der Waals surface area contributed by atoms with Crippen LogP contribution in [0.15, 0.2) is 65.6 Å². The molecule has 0 aliphatic heterocycles. The Hall–Kier alpha value is -2.71. The monoisotopic (exact) mass is 401 g/mol. The molecule has 0 aliphatic carbocycles. The second kappa shape index (κ2) is 8.32. The molecule has 0 fully saturated rings. The predicted octanol–water partition coefficient (Wildman–Crippen LogP) is 3.75. The number of carbonyl (C=O) groups excluding carboxylic acids is 1. The SMILES string of the molecule is CCCNC(=O)c1sc(NS(=O)(=O)c2ccccc2)nc1-c1ccccc1. The average Bonchev–Trinajstić information content (AvgIpc) is 3.10. The lowest BCUT2D eigenvalue weighted by atomic mass is 10.1. The second-order valence-corrected chi connectivity index (χ2v) is 8.42. The molecule has 2 aromatic carbocycles. The maximum atomic E-state index is 12.6. The van der Waals surface area contributed by atoms with Crippen molar-refractivity contribution in [3.63, 3.8) is 0 Å². The quantitative estimate of drug-likeness (QED) is 0.631. The third-order valence-corrected chi connectivity index (χ3v) is 6.14. The lowest BCUT2D eigenvalue weighted by molar-refractivity contribution is 0.0958. The van der Waals surface area contributed by atoms with Gasteiger partial charge in [-0.15, -0.1) is 0 Å². The molecule has 1 aromatic heterocycles. The molecule has 0 saturated heterocycles. The Morgan fingerprint density at radius 2 is 1.67 bits per heavy atom. The fourth-order valence-electron chi connectivity index (χ4n) is 2.40. The first-order valence-corrected chi connectivity index (χ1v) is 10.7. The van der Waals surface area contributed by atoms with E-state index in [1.807, 2.05) is 37.3 Å². The van der Waals surface area contributed by atoms with E-state index in [0.717, 1.165) is 23.3 Å². The molecular formula is C19H19N3O3S2. The van der Waals surface area contributed by atoms with E-state index in [-0.39, 0.29) is 15.9 Å². The number of hydrogen-bond acceptors (Lipinski definition) is 5. The number of rotatable bonds is 7. The van der Waals surface area contributed by atoms with Crippen molar-refractivity contribution in [2.45, 2.75) is 18.2 Å². The topological polar surface area (TPSA) is 88.2 Å². The van der Waals surface area contributed by atoms with Gasteiger partial charge in [-0.2, -0.15) is 0 Å². The predicted molar refractivity (Wildman–Crippen MR) is 107 cm³/mol. The highest BCUT2D eigenvalue weighted by Crippen LogP contribution is 2.32. The van der Waals surface area contributed by atoms with Crippen LogP contribution in [0.3, 0.4) is 0 Å². The van der Waals surface area contributed by atoms with Crippen LogP contribution >= 0.6 is 11.3 Å². The molecule has 0 spiro atoms. The third-order valence-electron chi connectivity index (χ3n) is 3.69. The van der Waals surface area contributed by atoms with Gasteiger partial charge in [-0.3, -0.25) is 9.52 Å². The highest BCUT2D eigenvalue weighted by atomic mass is 32.2. The number of carbonyl (C=O) groups is 1. The van der Waals surface area contributed by atoms with Gasteiger partial charge in [0.25, 0.3) is 15.9 Å². The van der Waals surface area contributed by atoms with Gasteiger partial charge >= 0.3 is 0 Å². The molecule has 0 atom stereocenters. The number of anilines is 1. The third kappa shape index (κ3) is 4.53. The van der Waals surface area contributed by atoms with Crippen molar-refractivity contribution in [2.75, 3.05) is 11.3 Å². The van der Waals surface area contributed by atoms with Gasteiger partial charge in [0.15, 0.2) is 5.13 Å². The van der Waals surface area contributed by atoms with Crippen LogP contribution in [0.4, 0.5) is 5.13 Å². The second-order valence-electron chi connectivity index (χ2n) is 5.74. The number of aromatic nitrogens is 1. The molecule has 1 amide bonds.